The zero-order chi connectivity index (χ0) is 19.6. The molecule has 1 aliphatic rings. The summed E-state index contributed by atoms with van der Waals surface area (Å²) in [5.41, 5.74) is 1.34. The van der Waals surface area contributed by atoms with Crippen molar-refractivity contribution in [1.29, 1.82) is 0 Å². The molecule has 0 saturated heterocycles. The third-order valence-electron chi connectivity index (χ3n) is 4.96. The molecule has 0 unspecified atom stereocenters. The number of esters is 1. The van der Waals surface area contributed by atoms with Crippen LogP contribution in [0.15, 0.2) is 18.3 Å². The molecule has 1 N–H and O–H groups in total. The van der Waals surface area contributed by atoms with Crippen LogP contribution in [0.4, 0.5) is 0 Å². The van der Waals surface area contributed by atoms with E-state index in [1.54, 1.807) is 18.3 Å². The number of carbonyl (C=O) groups excluding carboxylic acids is 1. The van der Waals surface area contributed by atoms with E-state index in [0.29, 0.717) is 18.8 Å². The molecule has 4 heteroatoms. The molecule has 1 aliphatic heterocycles. The summed E-state index contributed by atoms with van der Waals surface area (Å²) in [7, 11) is 0. The van der Waals surface area contributed by atoms with Crippen molar-refractivity contribution in [2.45, 2.75) is 103 Å². The highest BCUT2D eigenvalue weighted by Gasteiger charge is 2.20. The Kier molecular flexibility index (Phi) is 14.6. The topological polar surface area (TPSA) is 59.4 Å². The number of aromatic nitrogens is 1. The molecule has 0 bridgehead atoms. The lowest BCUT2D eigenvalue weighted by Crippen LogP contribution is -1.92. The Labute approximate surface area is 165 Å². The highest BCUT2D eigenvalue weighted by atomic mass is 16.5. The summed E-state index contributed by atoms with van der Waals surface area (Å²) in [5.74, 6) is -0.261. The number of aliphatic hydroxyl groups is 1. The maximum absolute atomic E-state index is 10.8. The van der Waals surface area contributed by atoms with Gasteiger partial charge in [-0.2, -0.15) is 0 Å². The van der Waals surface area contributed by atoms with Crippen molar-refractivity contribution >= 4 is 5.97 Å². The number of unbranched alkanes of at least 4 members (excludes halogenated alkanes) is 13. The highest BCUT2D eigenvalue weighted by Crippen LogP contribution is 2.15. The minimum Gasteiger partial charge on any atom is -0.456 e. The van der Waals surface area contributed by atoms with E-state index < -0.39 is 0 Å². The Balaban J connectivity index is 0.000000303. The number of carbonyl (C=O) groups is 1. The molecule has 2 rings (SSSR count). The minimum atomic E-state index is -0.261. The monoisotopic (exact) mass is 377 g/mol. The quantitative estimate of drug-likeness (QED) is 0.309. The standard InChI is InChI=1S/C16H34O.C7H5NO2/c1-2-3-4-5-6-7-8-9-10-11-12-13-14-15-16-17;9-7-5-2-1-3-8-6(5)4-10-7/h17H,2-16H2,1H3;1-3H,4H2. The van der Waals surface area contributed by atoms with Crippen molar-refractivity contribution in [3.63, 3.8) is 0 Å². The normalized spacial score (nSPS) is 12.3. The predicted octanol–water partition coefficient (Wildman–Crippen LogP) is 6.21. The van der Waals surface area contributed by atoms with Gasteiger partial charge in [0.05, 0.1) is 11.3 Å². The summed E-state index contributed by atoms with van der Waals surface area (Å²) in [6.45, 7) is 2.98. The summed E-state index contributed by atoms with van der Waals surface area (Å²) in [6, 6.07) is 3.45. The maximum Gasteiger partial charge on any atom is 0.340 e. The fraction of sp³-hybridized carbons (Fsp3) is 0.739. The maximum atomic E-state index is 10.8. The minimum absolute atomic E-state index is 0.261. The number of cyclic esters (lactones) is 1. The summed E-state index contributed by atoms with van der Waals surface area (Å²) >= 11 is 0. The second kappa shape index (κ2) is 16.7. The van der Waals surface area contributed by atoms with Gasteiger partial charge in [-0.15, -0.1) is 0 Å². The van der Waals surface area contributed by atoms with Crippen LogP contribution in [0.2, 0.25) is 0 Å². The molecule has 0 spiro atoms. The van der Waals surface area contributed by atoms with E-state index in [1.807, 2.05) is 0 Å². The van der Waals surface area contributed by atoms with E-state index in [2.05, 4.69) is 11.9 Å². The highest BCUT2D eigenvalue weighted by molar-refractivity contribution is 5.92. The number of nitrogens with zero attached hydrogens (tertiary/aromatic N) is 1. The summed E-state index contributed by atoms with van der Waals surface area (Å²) < 4.78 is 4.72. The largest absolute Gasteiger partial charge is 0.456 e. The molecule has 0 aromatic carbocycles. The number of pyridine rings is 1. The van der Waals surface area contributed by atoms with Gasteiger partial charge >= 0.3 is 5.97 Å². The number of ether oxygens (including phenoxy) is 1. The van der Waals surface area contributed by atoms with E-state index in [1.165, 1.54) is 83.5 Å². The van der Waals surface area contributed by atoms with Crippen molar-refractivity contribution in [3.8, 4) is 0 Å². The summed E-state index contributed by atoms with van der Waals surface area (Å²) in [4.78, 5) is 14.8. The van der Waals surface area contributed by atoms with Crippen molar-refractivity contribution in [3.05, 3.63) is 29.6 Å². The summed E-state index contributed by atoms with van der Waals surface area (Å²) in [5, 5.41) is 8.64. The lowest BCUT2D eigenvalue weighted by molar-refractivity contribution is 0.0533. The lowest BCUT2D eigenvalue weighted by atomic mass is 10.0. The van der Waals surface area contributed by atoms with Crippen molar-refractivity contribution in [2.75, 3.05) is 6.61 Å². The average molecular weight is 378 g/mol. The Morgan fingerprint density at radius 3 is 1.89 bits per heavy atom. The molecular formula is C23H39NO3. The zero-order valence-corrected chi connectivity index (χ0v) is 17.3. The van der Waals surface area contributed by atoms with E-state index >= 15 is 0 Å². The van der Waals surface area contributed by atoms with Gasteiger partial charge < -0.3 is 9.84 Å². The van der Waals surface area contributed by atoms with Crippen LogP contribution in [0, 0.1) is 0 Å². The smallest absolute Gasteiger partial charge is 0.340 e. The van der Waals surface area contributed by atoms with Crippen LogP contribution in [-0.4, -0.2) is 22.7 Å². The van der Waals surface area contributed by atoms with Gasteiger partial charge in [0, 0.05) is 12.8 Å². The molecule has 1 aromatic rings. The number of hydrogen-bond donors (Lipinski definition) is 1. The molecule has 0 saturated carbocycles. The van der Waals surface area contributed by atoms with E-state index in [9.17, 15) is 4.79 Å². The van der Waals surface area contributed by atoms with E-state index in [4.69, 9.17) is 9.84 Å². The molecule has 2 heterocycles. The molecule has 0 atom stereocenters. The first-order chi connectivity index (χ1) is 13.3. The molecule has 4 nitrogen and oxygen atoms in total. The fourth-order valence-electron chi connectivity index (χ4n) is 3.26. The van der Waals surface area contributed by atoms with Gasteiger partial charge in [0.2, 0.25) is 0 Å². The van der Waals surface area contributed by atoms with E-state index in [0.717, 1.165) is 12.1 Å². The first-order valence-corrected chi connectivity index (χ1v) is 11.0. The first-order valence-electron chi connectivity index (χ1n) is 11.0. The van der Waals surface area contributed by atoms with E-state index in [-0.39, 0.29) is 5.97 Å². The molecule has 0 aliphatic carbocycles. The second-order valence-corrected chi connectivity index (χ2v) is 7.39. The van der Waals surface area contributed by atoms with Gasteiger partial charge in [-0.25, -0.2) is 4.79 Å². The number of hydrogen-bond acceptors (Lipinski definition) is 4. The van der Waals surface area contributed by atoms with Crippen molar-refractivity contribution < 1.29 is 14.6 Å². The van der Waals surface area contributed by atoms with Crippen LogP contribution in [0.5, 0.6) is 0 Å². The van der Waals surface area contributed by atoms with Gasteiger partial charge in [0.1, 0.15) is 6.61 Å². The zero-order valence-electron chi connectivity index (χ0n) is 17.3. The van der Waals surface area contributed by atoms with Gasteiger partial charge in [-0.05, 0) is 18.6 Å². The van der Waals surface area contributed by atoms with Crippen LogP contribution < -0.4 is 0 Å². The number of aliphatic hydroxyl groups excluding tert-OH is 1. The Hall–Kier alpha value is -1.42. The molecule has 154 valence electrons. The molecule has 1 aromatic heterocycles. The Morgan fingerprint density at radius 1 is 0.889 bits per heavy atom. The van der Waals surface area contributed by atoms with Crippen LogP contribution >= 0.6 is 0 Å². The van der Waals surface area contributed by atoms with Crippen molar-refractivity contribution in [1.82, 2.24) is 4.98 Å². The third kappa shape index (κ3) is 11.8. The summed E-state index contributed by atoms with van der Waals surface area (Å²) in [6.07, 6.45) is 20.9. The SMILES string of the molecule is CCCCCCCCCCCCCCCCO.O=C1OCc2ncccc21. The average Bonchev–Trinajstić information content (AvgIpc) is 3.07. The molecular weight excluding hydrogens is 338 g/mol. The Morgan fingerprint density at radius 2 is 1.41 bits per heavy atom. The van der Waals surface area contributed by atoms with Gasteiger partial charge in [0.15, 0.2) is 0 Å². The van der Waals surface area contributed by atoms with Crippen LogP contribution in [0.25, 0.3) is 0 Å². The van der Waals surface area contributed by atoms with Gasteiger partial charge in [-0.3, -0.25) is 4.98 Å². The predicted molar refractivity (Wildman–Crippen MR) is 111 cm³/mol. The number of rotatable bonds is 14. The molecule has 0 radical (unpaired) electrons. The number of fused-ring (bicyclic) bond motifs is 1. The molecule has 27 heavy (non-hydrogen) atoms. The second-order valence-electron chi connectivity index (χ2n) is 7.39. The third-order valence-corrected chi connectivity index (χ3v) is 4.96. The van der Waals surface area contributed by atoms with Crippen LogP contribution in [0.1, 0.15) is 113 Å². The molecule has 0 amide bonds. The fourth-order valence-corrected chi connectivity index (χ4v) is 3.26. The van der Waals surface area contributed by atoms with Gasteiger partial charge in [-0.1, -0.05) is 90.4 Å². The van der Waals surface area contributed by atoms with Crippen LogP contribution in [0.3, 0.4) is 0 Å². The van der Waals surface area contributed by atoms with Crippen molar-refractivity contribution in [2.24, 2.45) is 0 Å². The molecule has 0 fully saturated rings. The first kappa shape index (κ1) is 23.6. The van der Waals surface area contributed by atoms with Crippen LogP contribution in [-0.2, 0) is 11.3 Å². The van der Waals surface area contributed by atoms with Gasteiger partial charge in [0.25, 0.3) is 0 Å². The lowest BCUT2D eigenvalue weighted by Gasteiger charge is -2.02. The Bertz CT molecular complexity index is 476.